The van der Waals surface area contributed by atoms with E-state index in [1.165, 1.54) is 25.7 Å². The first-order valence-corrected chi connectivity index (χ1v) is 6.20. The first-order chi connectivity index (χ1) is 7.27. The van der Waals surface area contributed by atoms with Crippen LogP contribution in [-0.2, 0) is 4.74 Å². The van der Waals surface area contributed by atoms with Gasteiger partial charge in [0.05, 0.1) is 6.61 Å². The van der Waals surface area contributed by atoms with E-state index in [0.717, 1.165) is 32.6 Å². The largest absolute Gasteiger partial charge is 0.396 e. The Bertz CT molecular complexity index is 156. The van der Waals surface area contributed by atoms with Crippen LogP contribution in [0, 0.1) is 0 Å². The van der Waals surface area contributed by atoms with Crippen LogP contribution < -0.4 is 5.32 Å². The molecule has 0 saturated carbocycles. The molecule has 1 fully saturated rings. The number of ether oxygens (including phenoxy) is 1. The molecule has 0 aromatic carbocycles. The van der Waals surface area contributed by atoms with Gasteiger partial charge in [0.25, 0.3) is 0 Å². The van der Waals surface area contributed by atoms with E-state index in [4.69, 9.17) is 9.84 Å². The summed E-state index contributed by atoms with van der Waals surface area (Å²) in [6, 6.07) is 0. The average molecular weight is 215 g/mol. The predicted octanol–water partition coefficient (Wildman–Crippen LogP) is 1.70. The van der Waals surface area contributed by atoms with Gasteiger partial charge in [0.2, 0.25) is 0 Å². The van der Waals surface area contributed by atoms with E-state index in [9.17, 15) is 0 Å². The monoisotopic (exact) mass is 215 g/mol. The van der Waals surface area contributed by atoms with Crippen molar-refractivity contribution in [3.8, 4) is 0 Å². The smallest absolute Gasteiger partial charge is 0.0645 e. The van der Waals surface area contributed by atoms with Crippen molar-refractivity contribution < 1.29 is 9.84 Å². The molecule has 2 N–H and O–H groups in total. The van der Waals surface area contributed by atoms with E-state index in [-0.39, 0.29) is 5.54 Å². The lowest BCUT2D eigenvalue weighted by molar-refractivity contribution is 0.0286. The number of hydrogen-bond donors (Lipinski definition) is 2. The van der Waals surface area contributed by atoms with Gasteiger partial charge in [-0.15, -0.1) is 0 Å². The van der Waals surface area contributed by atoms with Gasteiger partial charge in [0, 0.05) is 18.8 Å². The number of aliphatic hydroxyl groups is 1. The summed E-state index contributed by atoms with van der Waals surface area (Å²) < 4.78 is 5.49. The van der Waals surface area contributed by atoms with Crippen molar-refractivity contribution in [2.75, 3.05) is 26.4 Å². The third kappa shape index (κ3) is 5.50. The summed E-state index contributed by atoms with van der Waals surface area (Å²) in [4.78, 5) is 0. The standard InChI is InChI=1S/C12H25NO2/c1-12(7-6-10-15-11-12)13-8-4-2-3-5-9-14/h13-14H,2-11H2,1H3. The Labute approximate surface area is 93.2 Å². The Morgan fingerprint density at radius 1 is 1.27 bits per heavy atom. The molecule has 15 heavy (non-hydrogen) atoms. The molecule has 3 nitrogen and oxygen atoms in total. The Balaban J connectivity index is 1.98. The Morgan fingerprint density at radius 2 is 2.07 bits per heavy atom. The van der Waals surface area contributed by atoms with E-state index in [2.05, 4.69) is 12.2 Å². The molecule has 0 bridgehead atoms. The molecule has 1 aliphatic heterocycles. The van der Waals surface area contributed by atoms with Crippen LogP contribution in [0.2, 0.25) is 0 Å². The molecule has 1 unspecified atom stereocenters. The van der Waals surface area contributed by atoms with Gasteiger partial charge in [-0.1, -0.05) is 12.8 Å². The zero-order valence-electron chi connectivity index (χ0n) is 9.93. The molecule has 1 rings (SSSR count). The summed E-state index contributed by atoms with van der Waals surface area (Å²) in [6.07, 6.45) is 6.91. The van der Waals surface area contributed by atoms with Gasteiger partial charge < -0.3 is 15.2 Å². The number of hydrogen-bond acceptors (Lipinski definition) is 3. The van der Waals surface area contributed by atoms with Gasteiger partial charge in [-0.25, -0.2) is 0 Å². The van der Waals surface area contributed by atoms with Gasteiger partial charge in [0.1, 0.15) is 0 Å². The summed E-state index contributed by atoms with van der Waals surface area (Å²) in [5, 5.41) is 12.2. The van der Waals surface area contributed by atoms with Crippen LogP contribution in [0.3, 0.4) is 0 Å². The van der Waals surface area contributed by atoms with E-state index in [1.807, 2.05) is 0 Å². The van der Waals surface area contributed by atoms with Crippen LogP contribution in [0.5, 0.6) is 0 Å². The van der Waals surface area contributed by atoms with E-state index >= 15 is 0 Å². The van der Waals surface area contributed by atoms with Crippen LogP contribution >= 0.6 is 0 Å². The van der Waals surface area contributed by atoms with Crippen LogP contribution in [0.15, 0.2) is 0 Å². The Hall–Kier alpha value is -0.120. The second-order valence-electron chi connectivity index (χ2n) is 4.78. The van der Waals surface area contributed by atoms with Crippen molar-refractivity contribution in [2.45, 2.75) is 51.0 Å². The minimum Gasteiger partial charge on any atom is -0.396 e. The number of rotatable bonds is 7. The molecule has 1 saturated heterocycles. The highest BCUT2D eigenvalue weighted by Gasteiger charge is 2.26. The first-order valence-electron chi connectivity index (χ1n) is 6.20. The lowest BCUT2D eigenvalue weighted by Gasteiger charge is -2.34. The van der Waals surface area contributed by atoms with Crippen molar-refractivity contribution in [1.82, 2.24) is 5.32 Å². The Morgan fingerprint density at radius 3 is 2.73 bits per heavy atom. The van der Waals surface area contributed by atoms with Crippen molar-refractivity contribution >= 4 is 0 Å². The predicted molar refractivity (Wildman–Crippen MR) is 62.0 cm³/mol. The molecule has 0 amide bonds. The van der Waals surface area contributed by atoms with Crippen LogP contribution in [-0.4, -0.2) is 37.0 Å². The molecule has 1 atom stereocenters. The van der Waals surface area contributed by atoms with Crippen LogP contribution in [0.4, 0.5) is 0 Å². The normalized spacial score (nSPS) is 26.8. The second-order valence-corrected chi connectivity index (χ2v) is 4.78. The molecular formula is C12H25NO2. The highest BCUT2D eigenvalue weighted by Crippen LogP contribution is 2.18. The third-order valence-electron chi connectivity index (χ3n) is 3.07. The zero-order chi connectivity index (χ0) is 11.0. The summed E-state index contributed by atoms with van der Waals surface area (Å²) in [5.74, 6) is 0. The molecule has 3 heteroatoms. The maximum atomic E-state index is 8.64. The van der Waals surface area contributed by atoms with Crippen molar-refractivity contribution in [1.29, 1.82) is 0 Å². The second kappa shape index (κ2) is 7.20. The molecule has 0 radical (unpaired) electrons. The quantitative estimate of drug-likeness (QED) is 0.635. The average Bonchev–Trinajstić information content (AvgIpc) is 2.24. The van der Waals surface area contributed by atoms with E-state index < -0.39 is 0 Å². The molecule has 0 aromatic rings. The maximum Gasteiger partial charge on any atom is 0.0645 e. The molecule has 1 heterocycles. The molecule has 90 valence electrons. The molecule has 0 aliphatic carbocycles. The number of unbranched alkanes of at least 4 members (excludes halogenated alkanes) is 3. The van der Waals surface area contributed by atoms with Crippen LogP contribution in [0.25, 0.3) is 0 Å². The summed E-state index contributed by atoms with van der Waals surface area (Å²) in [6.45, 7) is 5.43. The topological polar surface area (TPSA) is 41.5 Å². The summed E-state index contributed by atoms with van der Waals surface area (Å²) in [7, 11) is 0. The number of nitrogens with one attached hydrogen (secondary N) is 1. The molecular weight excluding hydrogens is 190 g/mol. The highest BCUT2D eigenvalue weighted by atomic mass is 16.5. The SMILES string of the molecule is CC1(NCCCCCCO)CCCOC1. The first kappa shape index (κ1) is 12.9. The summed E-state index contributed by atoms with van der Waals surface area (Å²) >= 11 is 0. The fourth-order valence-corrected chi connectivity index (χ4v) is 2.05. The third-order valence-corrected chi connectivity index (χ3v) is 3.07. The van der Waals surface area contributed by atoms with Gasteiger partial charge >= 0.3 is 0 Å². The van der Waals surface area contributed by atoms with Crippen LogP contribution in [0.1, 0.15) is 45.4 Å². The van der Waals surface area contributed by atoms with Gasteiger partial charge in [-0.05, 0) is 39.2 Å². The van der Waals surface area contributed by atoms with E-state index in [0.29, 0.717) is 6.61 Å². The summed E-state index contributed by atoms with van der Waals surface area (Å²) in [5.41, 5.74) is 0.204. The lowest BCUT2D eigenvalue weighted by Crippen LogP contribution is -2.49. The Kier molecular flexibility index (Phi) is 6.22. The number of aliphatic hydroxyl groups excluding tert-OH is 1. The van der Waals surface area contributed by atoms with Crippen molar-refractivity contribution in [3.05, 3.63) is 0 Å². The molecule has 0 spiro atoms. The fraction of sp³-hybridized carbons (Fsp3) is 1.00. The van der Waals surface area contributed by atoms with E-state index in [1.54, 1.807) is 0 Å². The minimum atomic E-state index is 0.204. The van der Waals surface area contributed by atoms with Gasteiger partial charge in [0.15, 0.2) is 0 Å². The van der Waals surface area contributed by atoms with Crippen molar-refractivity contribution in [2.24, 2.45) is 0 Å². The minimum absolute atomic E-state index is 0.204. The van der Waals surface area contributed by atoms with Gasteiger partial charge in [-0.3, -0.25) is 0 Å². The molecule has 1 aliphatic rings. The van der Waals surface area contributed by atoms with Crippen molar-refractivity contribution in [3.63, 3.8) is 0 Å². The lowest BCUT2D eigenvalue weighted by atomic mass is 9.95. The molecule has 0 aromatic heterocycles. The maximum absolute atomic E-state index is 8.64. The zero-order valence-corrected chi connectivity index (χ0v) is 9.93. The fourth-order valence-electron chi connectivity index (χ4n) is 2.05. The highest BCUT2D eigenvalue weighted by molar-refractivity contribution is 4.84. The van der Waals surface area contributed by atoms with Gasteiger partial charge in [-0.2, -0.15) is 0 Å².